The largest absolute Gasteiger partial charge is 0.341 e. The highest BCUT2D eigenvalue weighted by Crippen LogP contribution is 2.27. The molecule has 1 fully saturated rings. The molecule has 1 saturated heterocycles. The van der Waals surface area contributed by atoms with Crippen LogP contribution in [0, 0.1) is 12.8 Å². The molecule has 2 aromatic rings. The number of benzene rings is 2. The molecule has 0 spiro atoms. The number of urea groups is 1. The number of carbonyl (C=O) groups excluding carboxylic acids is 2. The summed E-state index contributed by atoms with van der Waals surface area (Å²) in [5.74, 6) is 0.438. The molecule has 0 aliphatic carbocycles. The van der Waals surface area contributed by atoms with Gasteiger partial charge in [-0.1, -0.05) is 33.6 Å². The number of likely N-dealkylation sites (tertiary alicyclic amines) is 1. The normalized spacial score (nSPS) is 17.3. The Labute approximate surface area is 191 Å². The van der Waals surface area contributed by atoms with Crippen LogP contribution in [0.2, 0.25) is 0 Å². The number of hydrogen-bond acceptors (Lipinski definition) is 3. The lowest BCUT2D eigenvalue weighted by Crippen LogP contribution is -2.46. The highest BCUT2D eigenvalue weighted by Gasteiger charge is 2.27. The van der Waals surface area contributed by atoms with E-state index in [0.29, 0.717) is 13.1 Å². The Balaban J connectivity index is 1.45. The fraction of sp³-hybridized carbons (Fsp3) is 0.391. The molecule has 30 heavy (non-hydrogen) atoms. The van der Waals surface area contributed by atoms with Crippen LogP contribution in [0.3, 0.4) is 0 Å². The van der Waals surface area contributed by atoms with E-state index in [-0.39, 0.29) is 23.1 Å². The minimum Gasteiger partial charge on any atom is -0.341 e. The van der Waals surface area contributed by atoms with E-state index in [1.54, 1.807) is 11.8 Å². The van der Waals surface area contributed by atoms with Crippen molar-refractivity contribution in [1.29, 1.82) is 0 Å². The van der Waals surface area contributed by atoms with E-state index in [1.807, 2.05) is 67.3 Å². The second-order valence-electron chi connectivity index (χ2n) is 7.71. The van der Waals surface area contributed by atoms with Gasteiger partial charge >= 0.3 is 6.03 Å². The van der Waals surface area contributed by atoms with Crippen molar-refractivity contribution in [3.63, 3.8) is 0 Å². The number of aryl methyl sites for hydroxylation is 1. The van der Waals surface area contributed by atoms with E-state index >= 15 is 0 Å². The fourth-order valence-corrected chi connectivity index (χ4v) is 4.72. The van der Waals surface area contributed by atoms with Gasteiger partial charge in [-0.2, -0.15) is 0 Å². The van der Waals surface area contributed by atoms with Gasteiger partial charge in [-0.15, -0.1) is 11.8 Å². The number of thioether (sulfide) groups is 1. The first-order valence-corrected chi connectivity index (χ1v) is 11.9. The van der Waals surface area contributed by atoms with Crippen molar-refractivity contribution in [3.05, 3.63) is 58.6 Å². The van der Waals surface area contributed by atoms with Crippen molar-refractivity contribution >= 4 is 45.3 Å². The summed E-state index contributed by atoms with van der Waals surface area (Å²) < 4.78 is 1.03. The van der Waals surface area contributed by atoms with Crippen LogP contribution in [0.4, 0.5) is 10.5 Å². The van der Waals surface area contributed by atoms with E-state index in [1.165, 1.54) is 0 Å². The molecule has 7 heteroatoms. The first-order valence-electron chi connectivity index (χ1n) is 10.2. The van der Waals surface area contributed by atoms with Gasteiger partial charge in [0, 0.05) is 34.7 Å². The van der Waals surface area contributed by atoms with Gasteiger partial charge in [0.25, 0.3) is 0 Å². The number of hydrogen-bond donors (Lipinski definition) is 2. The maximum Gasteiger partial charge on any atom is 0.319 e. The summed E-state index contributed by atoms with van der Waals surface area (Å²) in [6.07, 6.45) is 1.98. The van der Waals surface area contributed by atoms with Crippen LogP contribution in [0.25, 0.3) is 0 Å². The van der Waals surface area contributed by atoms with Gasteiger partial charge in [0.1, 0.15) is 0 Å². The first kappa shape index (κ1) is 22.7. The van der Waals surface area contributed by atoms with Gasteiger partial charge in [0.15, 0.2) is 0 Å². The Morgan fingerprint density at radius 3 is 2.57 bits per heavy atom. The molecule has 3 amide bonds. The molecular formula is C23H28BrN3O2S. The SMILES string of the molecule is Cc1ccc(NC(=O)NCC2CCCN(C(=O)C(C)Sc3ccc(Br)cc3)C2)cc1. The Morgan fingerprint density at radius 2 is 1.87 bits per heavy atom. The lowest BCUT2D eigenvalue weighted by molar-refractivity contribution is -0.132. The number of nitrogens with zero attached hydrogens (tertiary/aromatic N) is 1. The number of anilines is 1. The van der Waals surface area contributed by atoms with Crippen LogP contribution in [-0.2, 0) is 4.79 Å². The molecule has 2 atom stereocenters. The monoisotopic (exact) mass is 489 g/mol. The van der Waals surface area contributed by atoms with Gasteiger partial charge in [-0.05, 0) is 69.0 Å². The molecule has 1 aliphatic heterocycles. The Kier molecular flexibility index (Phi) is 8.22. The summed E-state index contributed by atoms with van der Waals surface area (Å²) in [5, 5.41) is 5.67. The number of carbonyl (C=O) groups is 2. The average molecular weight is 490 g/mol. The Morgan fingerprint density at radius 1 is 1.17 bits per heavy atom. The summed E-state index contributed by atoms with van der Waals surface area (Å²) in [6, 6.07) is 15.5. The van der Waals surface area contributed by atoms with E-state index in [9.17, 15) is 9.59 Å². The van der Waals surface area contributed by atoms with E-state index in [0.717, 1.165) is 40.0 Å². The zero-order chi connectivity index (χ0) is 21.5. The lowest BCUT2D eigenvalue weighted by Gasteiger charge is -2.34. The second-order valence-corrected chi connectivity index (χ2v) is 10.0. The third-order valence-electron chi connectivity index (χ3n) is 5.17. The number of piperidine rings is 1. The van der Waals surface area contributed by atoms with Crippen molar-refractivity contribution in [2.75, 3.05) is 25.0 Å². The lowest BCUT2D eigenvalue weighted by atomic mass is 9.98. The van der Waals surface area contributed by atoms with E-state index in [4.69, 9.17) is 0 Å². The molecular weight excluding hydrogens is 462 g/mol. The van der Waals surface area contributed by atoms with Crippen molar-refractivity contribution in [1.82, 2.24) is 10.2 Å². The summed E-state index contributed by atoms with van der Waals surface area (Å²) in [5.41, 5.74) is 1.93. The fourth-order valence-electron chi connectivity index (χ4n) is 3.51. The Hall–Kier alpha value is -1.99. The molecule has 0 bridgehead atoms. The first-order chi connectivity index (χ1) is 14.4. The summed E-state index contributed by atoms with van der Waals surface area (Å²) in [4.78, 5) is 28.1. The molecule has 1 heterocycles. The molecule has 2 N–H and O–H groups in total. The third kappa shape index (κ3) is 6.77. The summed E-state index contributed by atoms with van der Waals surface area (Å²) >= 11 is 5.02. The van der Waals surface area contributed by atoms with Crippen LogP contribution in [-0.4, -0.2) is 41.7 Å². The molecule has 1 aliphatic rings. The van der Waals surface area contributed by atoms with Gasteiger partial charge in [-0.25, -0.2) is 4.79 Å². The van der Waals surface area contributed by atoms with Crippen LogP contribution >= 0.6 is 27.7 Å². The zero-order valence-electron chi connectivity index (χ0n) is 17.4. The summed E-state index contributed by atoms with van der Waals surface area (Å²) in [7, 11) is 0. The third-order valence-corrected chi connectivity index (χ3v) is 6.79. The standard InChI is InChI=1S/C23H28BrN3O2S/c1-16-5-9-20(10-6-16)26-23(29)25-14-18-4-3-13-27(15-18)22(28)17(2)30-21-11-7-19(24)8-12-21/h5-12,17-18H,3-4,13-15H2,1-2H3,(H2,25,26,29). The maximum atomic E-state index is 12.9. The van der Waals surface area contributed by atoms with Gasteiger partial charge in [0.2, 0.25) is 5.91 Å². The smallest absolute Gasteiger partial charge is 0.319 e. The molecule has 2 aromatic carbocycles. The number of rotatable bonds is 6. The van der Waals surface area contributed by atoms with Gasteiger partial charge in [-0.3, -0.25) is 4.79 Å². The molecule has 0 saturated carbocycles. The minimum absolute atomic E-state index is 0.136. The molecule has 3 rings (SSSR count). The Bertz CT molecular complexity index is 858. The predicted molar refractivity (Wildman–Crippen MR) is 127 cm³/mol. The topological polar surface area (TPSA) is 61.4 Å². The molecule has 0 aromatic heterocycles. The molecule has 5 nitrogen and oxygen atoms in total. The van der Waals surface area contributed by atoms with Crippen molar-refractivity contribution in [2.24, 2.45) is 5.92 Å². The number of nitrogens with one attached hydrogen (secondary N) is 2. The van der Waals surface area contributed by atoms with Crippen molar-refractivity contribution in [3.8, 4) is 0 Å². The van der Waals surface area contributed by atoms with Gasteiger partial charge in [0.05, 0.1) is 5.25 Å². The predicted octanol–water partition coefficient (Wildman–Crippen LogP) is 5.30. The quantitative estimate of drug-likeness (QED) is 0.541. The molecule has 2 unspecified atom stereocenters. The highest BCUT2D eigenvalue weighted by atomic mass is 79.9. The van der Waals surface area contributed by atoms with Crippen molar-refractivity contribution in [2.45, 2.75) is 36.8 Å². The van der Waals surface area contributed by atoms with E-state index in [2.05, 4.69) is 26.6 Å². The summed E-state index contributed by atoms with van der Waals surface area (Å²) in [6.45, 7) is 6.02. The maximum absolute atomic E-state index is 12.9. The number of amides is 3. The van der Waals surface area contributed by atoms with Crippen molar-refractivity contribution < 1.29 is 9.59 Å². The molecule has 160 valence electrons. The average Bonchev–Trinajstić information content (AvgIpc) is 2.75. The molecule has 0 radical (unpaired) electrons. The van der Waals surface area contributed by atoms with Crippen LogP contribution in [0.5, 0.6) is 0 Å². The minimum atomic E-state index is -0.207. The number of halogens is 1. The van der Waals surface area contributed by atoms with Crippen LogP contribution in [0.1, 0.15) is 25.3 Å². The second kappa shape index (κ2) is 10.9. The van der Waals surface area contributed by atoms with Gasteiger partial charge < -0.3 is 15.5 Å². The van der Waals surface area contributed by atoms with Crippen LogP contribution < -0.4 is 10.6 Å². The zero-order valence-corrected chi connectivity index (χ0v) is 19.8. The highest BCUT2D eigenvalue weighted by molar-refractivity contribution is 9.10. The van der Waals surface area contributed by atoms with Crippen LogP contribution in [0.15, 0.2) is 57.9 Å². The van der Waals surface area contributed by atoms with E-state index < -0.39 is 0 Å².